The summed E-state index contributed by atoms with van der Waals surface area (Å²) in [5, 5.41) is 3.37. The number of nitrogens with one attached hydrogen (secondary N) is 1. The molecule has 0 unspecified atom stereocenters. The number of carbonyl (C=O) groups is 1. The van der Waals surface area contributed by atoms with Crippen molar-refractivity contribution in [3.63, 3.8) is 0 Å². The van der Waals surface area contributed by atoms with Gasteiger partial charge in [0.2, 0.25) is 0 Å². The number of nitrogens with zero attached hydrogens (tertiary/aromatic N) is 1. The number of ether oxygens (including phenoxy) is 2. The maximum Gasteiger partial charge on any atom is 0.264 e. The van der Waals surface area contributed by atoms with Gasteiger partial charge in [-0.2, -0.15) is 0 Å². The number of amides is 1. The lowest BCUT2D eigenvalue weighted by Gasteiger charge is -2.25. The van der Waals surface area contributed by atoms with Crippen molar-refractivity contribution in [2.24, 2.45) is 0 Å². The fraction of sp³-hybridized carbons (Fsp3) is 0.114. The predicted octanol–water partition coefficient (Wildman–Crippen LogP) is 7.64. The fourth-order valence-electron chi connectivity index (χ4n) is 4.34. The molecule has 0 aliphatic carbocycles. The highest BCUT2D eigenvalue weighted by molar-refractivity contribution is 7.92. The summed E-state index contributed by atoms with van der Waals surface area (Å²) in [5.74, 6) is 0.781. The van der Waals surface area contributed by atoms with Gasteiger partial charge in [0.25, 0.3) is 15.9 Å². The molecule has 0 saturated heterocycles. The number of benzene rings is 5. The molecular formula is C35H31ClN2O5S. The normalized spacial score (nSPS) is 11.0. The van der Waals surface area contributed by atoms with Crippen LogP contribution in [0.5, 0.6) is 11.5 Å². The lowest BCUT2D eigenvalue weighted by atomic mass is 10.2. The molecule has 5 aromatic rings. The van der Waals surface area contributed by atoms with E-state index in [0.29, 0.717) is 34.5 Å². The zero-order valence-corrected chi connectivity index (χ0v) is 25.6. The second-order valence-corrected chi connectivity index (χ2v) is 12.4. The summed E-state index contributed by atoms with van der Waals surface area (Å²) in [6, 6.07) is 37.3. The van der Waals surface area contributed by atoms with Crippen molar-refractivity contribution in [1.82, 2.24) is 0 Å². The van der Waals surface area contributed by atoms with Gasteiger partial charge in [0, 0.05) is 10.7 Å². The minimum atomic E-state index is -3.89. The second-order valence-electron chi connectivity index (χ2n) is 10.1. The quantitative estimate of drug-likeness (QED) is 0.154. The summed E-state index contributed by atoms with van der Waals surface area (Å²) in [6.07, 6.45) is 0. The van der Waals surface area contributed by atoms with Gasteiger partial charge in [0.05, 0.1) is 17.1 Å². The van der Waals surface area contributed by atoms with E-state index in [-0.39, 0.29) is 24.0 Å². The van der Waals surface area contributed by atoms with Gasteiger partial charge in [-0.1, -0.05) is 71.8 Å². The molecule has 0 aromatic heterocycles. The average Bonchev–Trinajstić information content (AvgIpc) is 3.04. The van der Waals surface area contributed by atoms with Crippen LogP contribution in [0.25, 0.3) is 0 Å². The van der Waals surface area contributed by atoms with Crippen LogP contribution < -0.4 is 19.1 Å². The Balaban J connectivity index is 1.21. The van der Waals surface area contributed by atoms with Crippen LogP contribution in [0.15, 0.2) is 132 Å². The molecule has 0 radical (unpaired) electrons. The van der Waals surface area contributed by atoms with Gasteiger partial charge in [0.1, 0.15) is 18.1 Å². The SMILES string of the molecule is Cc1ccc(S(=O)(=O)N(Cc2ccc(Cl)cc2)c2ccc(OCC(=O)Nc3ccc(OCc4ccccc4)cc3)cc2)cc1. The number of anilines is 2. The van der Waals surface area contributed by atoms with Crippen molar-refractivity contribution in [3.8, 4) is 11.5 Å². The van der Waals surface area contributed by atoms with Crippen molar-refractivity contribution in [1.29, 1.82) is 0 Å². The van der Waals surface area contributed by atoms with Gasteiger partial charge in [-0.25, -0.2) is 8.42 Å². The molecule has 224 valence electrons. The van der Waals surface area contributed by atoms with E-state index in [9.17, 15) is 13.2 Å². The first kappa shape index (κ1) is 30.7. The molecule has 1 amide bonds. The molecular weight excluding hydrogens is 596 g/mol. The first-order valence-electron chi connectivity index (χ1n) is 13.9. The van der Waals surface area contributed by atoms with Crippen LogP contribution in [-0.4, -0.2) is 20.9 Å². The maximum atomic E-state index is 13.7. The zero-order chi connectivity index (χ0) is 30.9. The third-order valence-electron chi connectivity index (χ3n) is 6.73. The Morgan fingerprint density at radius 1 is 0.727 bits per heavy atom. The number of sulfonamides is 1. The largest absolute Gasteiger partial charge is 0.489 e. The molecule has 0 heterocycles. The standard InChI is InChI=1S/C35H31ClN2O5S/c1-26-7-21-34(22-8-26)44(40,41)38(23-27-9-11-29(36)12-10-27)31-15-19-33(20-16-31)43-25-35(39)37-30-13-17-32(18-14-30)42-24-28-5-3-2-4-6-28/h2-22H,23-25H2,1H3,(H,37,39). The molecule has 5 aromatic carbocycles. The van der Waals surface area contributed by atoms with Crippen LogP contribution in [0.2, 0.25) is 5.02 Å². The van der Waals surface area contributed by atoms with E-state index >= 15 is 0 Å². The summed E-state index contributed by atoms with van der Waals surface area (Å²) in [5.41, 5.74) is 3.87. The van der Waals surface area contributed by atoms with Crippen molar-refractivity contribution < 1.29 is 22.7 Å². The molecule has 9 heteroatoms. The van der Waals surface area contributed by atoms with Crippen LogP contribution in [-0.2, 0) is 28.0 Å². The van der Waals surface area contributed by atoms with E-state index < -0.39 is 10.0 Å². The smallest absolute Gasteiger partial charge is 0.264 e. The van der Waals surface area contributed by atoms with Crippen molar-refractivity contribution in [3.05, 3.63) is 149 Å². The highest BCUT2D eigenvalue weighted by Gasteiger charge is 2.25. The summed E-state index contributed by atoms with van der Waals surface area (Å²) < 4.78 is 40.2. The number of rotatable bonds is 12. The average molecular weight is 627 g/mol. The molecule has 7 nitrogen and oxygen atoms in total. The molecule has 0 aliphatic heterocycles. The van der Waals surface area contributed by atoms with E-state index in [1.54, 1.807) is 97.1 Å². The number of carbonyl (C=O) groups excluding carboxylic acids is 1. The highest BCUT2D eigenvalue weighted by Crippen LogP contribution is 2.28. The molecule has 1 N–H and O–H groups in total. The van der Waals surface area contributed by atoms with Crippen molar-refractivity contribution in [2.45, 2.75) is 25.0 Å². The molecule has 0 aliphatic rings. The molecule has 5 rings (SSSR count). The van der Waals surface area contributed by atoms with Crippen molar-refractivity contribution in [2.75, 3.05) is 16.2 Å². The van der Waals surface area contributed by atoms with Crippen LogP contribution in [0.3, 0.4) is 0 Å². The summed E-state index contributed by atoms with van der Waals surface area (Å²) in [6.45, 7) is 2.24. The van der Waals surface area contributed by atoms with E-state index in [2.05, 4.69) is 5.32 Å². The third kappa shape index (κ3) is 8.18. The monoisotopic (exact) mass is 626 g/mol. The Kier molecular flexibility index (Phi) is 9.84. The Hall–Kier alpha value is -4.79. The Labute approximate surface area is 262 Å². The summed E-state index contributed by atoms with van der Waals surface area (Å²) >= 11 is 6.04. The topological polar surface area (TPSA) is 84.9 Å². The third-order valence-corrected chi connectivity index (χ3v) is 8.77. The zero-order valence-electron chi connectivity index (χ0n) is 24.0. The maximum absolute atomic E-state index is 13.7. The minimum Gasteiger partial charge on any atom is -0.489 e. The Morgan fingerprint density at radius 2 is 1.34 bits per heavy atom. The van der Waals surface area contributed by atoms with Crippen LogP contribution in [0.1, 0.15) is 16.7 Å². The first-order chi connectivity index (χ1) is 21.3. The van der Waals surface area contributed by atoms with E-state index in [1.165, 1.54) is 4.31 Å². The molecule has 0 saturated carbocycles. The molecule has 0 fully saturated rings. The van der Waals surface area contributed by atoms with Gasteiger partial charge >= 0.3 is 0 Å². The van der Waals surface area contributed by atoms with E-state index in [4.69, 9.17) is 21.1 Å². The molecule has 44 heavy (non-hydrogen) atoms. The number of aryl methyl sites for hydroxylation is 1. The van der Waals surface area contributed by atoms with Gasteiger partial charge in [-0.3, -0.25) is 9.10 Å². The summed E-state index contributed by atoms with van der Waals surface area (Å²) in [4.78, 5) is 12.7. The highest BCUT2D eigenvalue weighted by atomic mass is 35.5. The van der Waals surface area contributed by atoms with Crippen molar-refractivity contribution >= 4 is 38.9 Å². The van der Waals surface area contributed by atoms with Crippen LogP contribution in [0, 0.1) is 6.92 Å². The summed E-state index contributed by atoms with van der Waals surface area (Å²) in [7, 11) is -3.89. The number of halogens is 1. The predicted molar refractivity (Wildman–Crippen MR) is 174 cm³/mol. The second kappa shape index (κ2) is 14.1. The molecule has 0 spiro atoms. The van der Waals surface area contributed by atoms with E-state index in [1.807, 2.05) is 37.3 Å². The van der Waals surface area contributed by atoms with Gasteiger partial charge in [-0.15, -0.1) is 0 Å². The van der Waals surface area contributed by atoms with Gasteiger partial charge < -0.3 is 14.8 Å². The van der Waals surface area contributed by atoms with Crippen LogP contribution in [0.4, 0.5) is 11.4 Å². The fourth-order valence-corrected chi connectivity index (χ4v) is 5.92. The molecule has 0 atom stereocenters. The first-order valence-corrected chi connectivity index (χ1v) is 15.7. The number of hydrogen-bond donors (Lipinski definition) is 1. The van der Waals surface area contributed by atoms with Gasteiger partial charge in [0.15, 0.2) is 6.61 Å². The minimum absolute atomic E-state index is 0.103. The Morgan fingerprint density at radius 3 is 2.00 bits per heavy atom. The molecule has 0 bridgehead atoms. The Bertz CT molecular complexity index is 1780. The number of hydrogen-bond acceptors (Lipinski definition) is 5. The lowest BCUT2D eigenvalue weighted by Crippen LogP contribution is -2.30. The van der Waals surface area contributed by atoms with E-state index in [0.717, 1.165) is 16.7 Å². The van der Waals surface area contributed by atoms with Crippen LogP contribution >= 0.6 is 11.6 Å². The lowest BCUT2D eigenvalue weighted by molar-refractivity contribution is -0.118. The van der Waals surface area contributed by atoms with Gasteiger partial charge in [-0.05, 0) is 90.8 Å².